The van der Waals surface area contributed by atoms with Crippen molar-refractivity contribution in [2.75, 3.05) is 0 Å². The van der Waals surface area contributed by atoms with Gasteiger partial charge in [0, 0.05) is 0 Å². The fraction of sp³-hybridized carbons (Fsp3) is 0.833. The summed E-state index contributed by atoms with van der Waals surface area (Å²) in [5.41, 5.74) is 0. The second-order valence-electron chi connectivity index (χ2n) is 2.06. The zero-order chi connectivity index (χ0) is 10.8. The van der Waals surface area contributed by atoms with Gasteiger partial charge in [-0.25, -0.2) is 0 Å². The molecule has 78 valence electrons. The van der Waals surface area contributed by atoms with Gasteiger partial charge in [0.15, 0.2) is 0 Å². The smallest absolute Gasteiger partial charge is 0.0538 e. The van der Waals surface area contributed by atoms with Gasteiger partial charge in [-0.3, -0.25) is 0 Å². The summed E-state index contributed by atoms with van der Waals surface area (Å²) in [7, 11) is 0. The topological polar surface area (TPSA) is 0 Å². The molecular weight excluding hydrogens is 144 g/mol. The van der Waals surface area contributed by atoms with Crippen LogP contribution in [0.25, 0.3) is 0 Å². The van der Waals surface area contributed by atoms with E-state index in [1.165, 1.54) is 25.7 Å². The van der Waals surface area contributed by atoms with Crippen molar-refractivity contribution in [2.24, 2.45) is 0 Å². The molecule has 0 rings (SSSR count). The molecule has 0 aliphatic rings. The largest absolute Gasteiger partial charge is 0.106 e. The highest BCUT2D eigenvalue weighted by Crippen LogP contribution is 1.88. The molecule has 0 bridgehead atoms. The first-order valence-electron chi connectivity index (χ1n) is 5.33. The highest BCUT2D eigenvalue weighted by atomic mass is 13.7. The van der Waals surface area contributed by atoms with Crippen LogP contribution in [0.4, 0.5) is 0 Å². The molecule has 0 aromatic rings. The molecule has 0 amide bonds. The summed E-state index contributed by atoms with van der Waals surface area (Å²) in [6.45, 7) is 18.7. The number of rotatable bonds is 2. The Balaban J connectivity index is -0.0000000397. The molecule has 0 aliphatic carbocycles. The molecule has 0 fully saturated rings. The molecule has 0 heteroatoms. The van der Waals surface area contributed by atoms with Crippen LogP contribution in [0.2, 0.25) is 0 Å². The Morgan fingerprint density at radius 3 is 0.917 bits per heavy atom. The van der Waals surface area contributed by atoms with E-state index >= 15 is 0 Å². The zero-order valence-electron chi connectivity index (χ0n) is 10.2. The molecule has 0 radical (unpaired) electrons. The van der Waals surface area contributed by atoms with Gasteiger partial charge in [0.05, 0.1) is 0 Å². The maximum atomic E-state index is 3.00. The van der Waals surface area contributed by atoms with E-state index in [0.29, 0.717) is 0 Å². The number of hydrogen-bond acceptors (Lipinski definition) is 0. The Kier molecular flexibility index (Phi) is 137. The van der Waals surface area contributed by atoms with E-state index in [9.17, 15) is 0 Å². The van der Waals surface area contributed by atoms with Crippen LogP contribution >= 0.6 is 0 Å². The van der Waals surface area contributed by atoms with E-state index in [4.69, 9.17) is 0 Å². The van der Waals surface area contributed by atoms with Crippen LogP contribution in [0.3, 0.4) is 0 Å². The van der Waals surface area contributed by atoms with Gasteiger partial charge in [-0.15, -0.1) is 13.2 Å². The highest BCUT2D eigenvalue weighted by molar-refractivity contribution is 4.24. The Bertz CT molecular complexity index is 21.2. The minimum atomic E-state index is 1.25. The average Bonchev–Trinajstić information content (AvgIpc) is 2.14. The predicted molar refractivity (Wildman–Crippen MR) is 63.8 cm³/mol. The maximum absolute atomic E-state index is 3.00. The van der Waals surface area contributed by atoms with Crippen LogP contribution in [0, 0.1) is 0 Å². The molecule has 0 saturated heterocycles. The maximum Gasteiger partial charge on any atom is -0.0538 e. The Labute approximate surface area is 81.1 Å². The van der Waals surface area contributed by atoms with Crippen molar-refractivity contribution in [1.82, 2.24) is 0 Å². The van der Waals surface area contributed by atoms with Gasteiger partial charge < -0.3 is 0 Å². The van der Waals surface area contributed by atoms with E-state index in [0.717, 1.165) is 0 Å². The molecule has 0 aromatic carbocycles. The molecule has 0 heterocycles. The quantitative estimate of drug-likeness (QED) is 0.489. The standard InChI is InChI=1S/C5H12.C3H8.C2H6.C2H4/c1-3-5-4-2;1-3-2;2*1-2/h3-5H2,1-2H3;3H2,1-2H3;1-2H3;1-2H2. The monoisotopic (exact) mass is 174 g/mol. The minimum Gasteiger partial charge on any atom is -0.106 e. The third-order valence-corrected chi connectivity index (χ3v) is 0.707. The Morgan fingerprint density at radius 1 is 0.750 bits per heavy atom. The van der Waals surface area contributed by atoms with Crippen molar-refractivity contribution in [3.63, 3.8) is 0 Å². The van der Waals surface area contributed by atoms with E-state index in [1.807, 2.05) is 13.8 Å². The van der Waals surface area contributed by atoms with E-state index in [1.54, 1.807) is 0 Å². The molecule has 0 nitrogen and oxygen atoms in total. The zero-order valence-corrected chi connectivity index (χ0v) is 10.2. The van der Waals surface area contributed by atoms with Crippen molar-refractivity contribution >= 4 is 0 Å². The van der Waals surface area contributed by atoms with E-state index in [-0.39, 0.29) is 0 Å². The number of hydrogen-bond donors (Lipinski definition) is 0. The van der Waals surface area contributed by atoms with E-state index in [2.05, 4.69) is 40.9 Å². The lowest BCUT2D eigenvalue weighted by molar-refractivity contribution is 0.772. The molecule has 0 aliphatic heterocycles. The van der Waals surface area contributed by atoms with Gasteiger partial charge in [0.25, 0.3) is 0 Å². The summed E-state index contributed by atoms with van der Waals surface area (Å²) in [5.74, 6) is 0. The fourth-order valence-corrected chi connectivity index (χ4v) is 0.354. The fourth-order valence-electron chi connectivity index (χ4n) is 0.354. The second kappa shape index (κ2) is 72.8. The first-order chi connectivity index (χ1) is 5.83. The molecule has 0 spiro atoms. The first kappa shape index (κ1) is 22.6. The summed E-state index contributed by atoms with van der Waals surface area (Å²) in [5, 5.41) is 0. The summed E-state index contributed by atoms with van der Waals surface area (Å²) in [6, 6.07) is 0. The lowest BCUT2D eigenvalue weighted by atomic mass is 10.3. The molecule has 0 aromatic heterocycles. The lowest BCUT2D eigenvalue weighted by Crippen LogP contribution is -1.59. The van der Waals surface area contributed by atoms with E-state index < -0.39 is 0 Å². The predicted octanol–water partition coefficient (Wildman–Crippen LogP) is 5.44. The highest BCUT2D eigenvalue weighted by Gasteiger charge is 1.68. The van der Waals surface area contributed by atoms with Crippen molar-refractivity contribution in [1.29, 1.82) is 0 Å². The van der Waals surface area contributed by atoms with Gasteiger partial charge in [0.2, 0.25) is 0 Å². The SMILES string of the molecule is C=C.CC.CCC.CCCCC. The second-order valence-corrected chi connectivity index (χ2v) is 2.06. The lowest BCUT2D eigenvalue weighted by Gasteiger charge is -1.79. The summed E-state index contributed by atoms with van der Waals surface area (Å²) in [4.78, 5) is 0. The van der Waals surface area contributed by atoms with Crippen LogP contribution in [-0.4, -0.2) is 0 Å². The molecule has 0 N–H and O–H groups in total. The summed E-state index contributed by atoms with van der Waals surface area (Å²) in [6.07, 6.45) is 5.33. The van der Waals surface area contributed by atoms with Gasteiger partial charge in [0.1, 0.15) is 0 Å². The Morgan fingerprint density at radius 2 is 0.917 bits per heavy atom. The van der Waals surface area contributed by atoms with Crippen LogP contribution in [-0.2, 0) is 0 Å². The van der Waals surface area contributed by atoms with Gasteiger partial charge in [-0.1, -0.05) is 67.2 Å². The summed E-state index contributed by atoms with van der Waals surface area (Å²) >= 11 is 0. The van der Waals surface area contributed by atoms with Crippen LogP contribution in [0.1, 0.15) is 67.2 Å². The van der Waals surface area contributed by atoms with Crippen molar-refractivity contribution < 1.29 is 0 Å². The van der Waals surface area contributed by atoms with Crippen LogP contribution in [0.5, 0.6) is 0 Å². The van der Waals surface area contributed by atoms with Gasteiger partial charge in [-0.2, -0.15) is 0 Å². The third-order valence-electron chi connectivity index (χ3n) is 0.707. The van der Waals surface area contributed by atoms with Crippen LogP contribution in [0.15, 0.2) is 13.2 Å². The molecule has 0 atom stereocenters. The Hall–Kier alpha value is -0.260. The van der Waals surface area contributed by atoms with Crippen molar-refractivity contribution in [3.05, 3.63) is 13.2 Å². The molecule has 0 saturated carbocycles. The van der Waals surface area contributed by atoms with Crippen molar-refractivity contribution in [3.8, 4) is 0 Å². The first-order valence-corrected chi connectivity index (χ1v) is 5.33. The number of unbranched alkanes of at least 4 members (excludes halogenated alkanes) is 2. The summed E-state index contributed by atoms with van der Waals surface area (Å²) < 4.78 is 0. The minimum absolute atomic E-state index is 1.25. The average molecular weight is 174 g/mol. The van der Waals surface area contributed by atoms with Crippen molar-refractivity contribution in [2.45, 2.75) is 67.2 Å². The van der Waals surface area contributed by atoms with Gasteiger partial charge >= 0.3 is 0 Å². The van der Waals surface area contributed by atoms with Crippen LogP contribution < -0.4 is 0 Å². The third kappa shape index (κ3) is 246. The molecule has 0 unspecified atom stereocenters. The molecular formula is C12H30. The molecule has 12 heavy (non-hydrogen) atoms. The van der Waals surface area contributed by atoms with Gasteiger partial charge in [-0.05, 0) is 0 Å². The normalized spacial score (nSPS) is 5.83.